The lowest BCUT2D eigenvalue weighted by Crippen LogP contribution is -2.19. The molecule has 0 fully saturated rings. The highest BCUT2D eigenvalue weighted by Crippen LogP contribution is 2.18. The highest BCUT2D eigenvalue weighted by Gasteiger charge is 2.14. The summed E-state index contributed by atoms with van der Waals surface area (Å²) in [6, 6.07) is 0. The Morgan fingerprint density at radius 1 is 0.656 bits per heavy atom. The third kappa shape index (κ3) is 24.0. The van der Waals surface area contributed by atoms with Crippen LogP contribution in [0.5, 0.6) is 0 Å². The number of unbranched alkanes of at least 4 members (excludes halogenated alkanes) is 14. The lowest BCUT2D eigenvalue weighted by molar-refractivity contribution is -0.150. The maximum atomic E-state index is 12.4. The van der Waals surface area contributed by atoms with E-state index in [0.717, 1.165) is 51.7 Å². The van der Waals surface area contributed by atoms with Crippen LogP contribution in [0.25, 0.3) is 0 Å². The molecule has 3 N–H and O–H groups in total. The van der Waals surface area contributed by atoms with Crippen LogP contribution in [-0.2, 0) is 9.53 Å². The summed E-state index contributed by atoms with van der Waals surface area (Å²) in [5.74, 6) is 0.0374. The Morgan fingerprint density at radius 2 is 1.12 bits per heavy atom. The van der Waals surface area contributed by atoms with Gasteiger partial charge in [-0.2, -0.15) is 0 Å². The zero-order valence-electron chi connectivity index (χ0n) is 21.9. The molecule has 0 aliphatic carbocycles. The third-order valence-electron chi connectivity index (χ3n) is 6.35. The first-order valence-corrected chi connectivity index (χ1v) is 14.3. The van der Waals surface area contributed by atoms with Gasteiger partial charge in [-0.05, 0) is 64.6 Å². The van der Waals surface area contributed by atoms with Crippen LogP contribution in [0.2, 0.25) is 0 Å². The summed E-state index contributed by atoms with van der Waals surface area (Å²) >= 11 is 0. The van der Waals surface area contributed by atoms with E-state index in [2.05, 4.69) is 19.2 Å². The Bertz CT molecular complexity index is 360. The van der Waals surface area contributed by atoms with Crippen molar-refractivity contribution in [1.82, 2.24) is 5.32 Å². The molecular weight excluding hydrogens is 396 g/mol. The summed E-state index contributed by atoms with van der Waals surface area (Å²) in [5, 5.41) is 3.42. The van der Waals surface area contributed by atoms with Crippen molar-refractivity contribution >= 4 is 5.97 Å². The average molecular weight is 455 g/mol. The Kier molecular flexibility index (Phi) is 26.1. The summed E-state index contributed by atoms with van der Waals surface area (Å²) < 4.78 is 5.93. The smallest absolute Gasteiger partial charge is 0.306 e. The van der Waals surface area contributed by atoms with Crippen molar-refractivity contribution in [3.8, 4) is 0 Å². The largest absolute Gasteiger partial charge is 0.462 e. The molecule has 0 spiro atoms. The standard InChI is InChI=1S/C28H58N2O2/c1-3-5-7-9-12-16-21-27(22-17-13-10-8-6-4-2)32-28(31)23-18-14-11-15-19-25-30-26-20-24-29/h27,30H,3-26,29H2,1-2H3. The van der Waals surface area contributed by atoms with Crippen LogP contribution >= 0.6 is 0 Å². The van der Waals surface area contributed by atoms with Crippen molar-refractivity contribution in [3.05, 3.63) is 0 Å². The Morgan fingerprint density at radius 3 is 1.69 bits per heavy atom. The Hall–Kier alpha value is -0.610. The molecule has 0 saturated carbocycles. The van der Waals surface area contributed by atoms with Crippen molar-refractivity contribution in [3.63, 3.8) is 0 Å². The number of hydrogen-bond acceptors (Lipinski definition) is 4. The van der Waals surface area contributed by atoms with Gasteiger partial charge >= 0.3 is 5.97 Å². The highest BCUT2D eigenvalue weighted by atomic mass is 16.5. The van der Waals surface area contributed by atoms with Crippen molar-refractivity contribution in [2.24, 2.45) is 5.73 Å². The molecule has 0 aliphatic rings. The van der Waals surface area contributed by atoms with E-state index in [1.807, 2.05) is 0 Å². The fourth-order valence-electron chi connectivity index (χ4n) is 4.21. The number of hydrogen-bond donors (Lipinski definition) is 2. The summed E-state index contributed by atoms with van der Waals surface area (Å²) in [6.07, 6.45) is 25.3. The van der Waals surface area contributed by atoms with Gasteiger partial charge < -0.3 is 15.8 Å². The van der Waals surface area contributed by atoms with Gasteiger partial charge in [0.25, 0.3) is 0 Å². The lowest BCUT2D eigenvalue weighted by atomic mass is 10.0. The molecule has 0 bridgehead atoms. The molecule has 4 heteroatoms. The van der Waals surface area contributed by atoms with Crippen LogP contribution in [0, 0.1) is 0 Å². The molecule has 0 aromatic carbocycles. The van der Waals surface area contributed by atoms with Gasteiger partial charge in [0.1, 0.15) is 6.10 Å². The molecular formula is C28H58N2O2. The predicted molar refractivity (Wildman–Crippen MR) is 140 cm³/mol. The SMILES string of the molecule is CCCCCCCCC(CCCCCCCC)OC(=O)CCCCCCCNCCCN. The second-order valence-corrected chi connectivity index (χ2v) is 9.63. The zero-order chi connectivity index (χ0) is 23.5. The van der Waals surface area contributed by atoms with E-state index >= 15 is 0 Å². The van der Waals surface area contributed by atoms with E-state index in [1.165, 1.54) is 96.3 Å². The molecule has 4 nitrogen and oxygen atoms in total. The quantitative estimate of drug-likeness (QED) is 0.104. The third-order valence-corrected chi connectivity index (χ3v) is 6.35. The molecule has 0 unspecified atom stereocenters. The van der Waals surface area contributed by atoms with Crippen molar-refractivity contribution < 1.29 is 9.53 Å². The van der Waals surface area contributed by atoms with E-state index in [9.17, 15) is 4.79 Å². The van der Waals surface area contributed by atoms with E-state index in [4.69, 9.17) is 10.5 Å². The Labute approximate surface area is 201 Å². The molecule has 32 heavy (non-hydrogen) atoms. The van der Waals surface area contributed by atoms with Gasteiger partial charge in [0.05, 0.1) is 0 Å². The van der Waals surface area contributed by atoms with Crippen LogP contribution in [0.4, 0.5) is 0 Å². The van der Waals surface area contributed by atoms with Gasteiger partial charge in [-0.1, -0.05) is 97.3 Å². The topological polar surface area (TPSA) is 64.3 Å². The van der Waals surface area contributed by atoms with Crippen LogP contribution in [0.3, 0.4) is 0 Å². The first-order chi connectivity index (χ1) is 15.7. The second kappa shape index (κ2) is 26.6. The van der Waals surface area contributed by atoms with Gasteiger partial charge in [-0.3, -0.25) is 4.79 Å². The number of esters is 1. The van der Waals surface area contributed by atoms with Gasteiger partial charge in [0, 0.05) is 6.42 Å². The lowest BCUT2D eigenvalue weighted by Gasteiger charge is -2.18. The molecule has 0 aromatic heterocycles. The van der Waals surface area contributed by atoms with E-state index < -0.39 is 0 Å². The van der Waals surface area contributed by atoms with Crippen LogP contribution < -0.4 is 11.1 Å². The summed E-state index contributed by atoms with van der Waals surface area (Å²) in [5.41, 5.74) is 5.49. The average Bonchev–Trinajstić information content (AvgIpc) is 2.79. The summed E-state index contributed by atoms with van der Waals surface area (Å²) in [4.78, 5) is 12.4. The molecule has 0 heterocycles. The fraction of sp³-hybridized carbons (Fsp3) is 0.964. The molecule has 0 saturated heterocycles. The van der Waals surface area contributed by atoms with E-state index in [0.29, 0.717) is 6.42 Å². The highest BCUT2D eigenvalue weighted by molar-refractivity contribution is 5.69. The minimum absolute atomic E-state index is 0.0374. The summed E-state index contributed by atoms with van der Waals surface area (Å²) in [7, 11) is 0. The van der Waals surface area contributed by atoms with Crippen molar-refractivity contribution in [2.75, 3.05) is 19.6 Å². The van der Waals surface area contributed by atoms with Crippen LogP contribution in [0.1, 0.15) is 149 Å². The van der Waals surface area contributed by atoms with E-state index in [-0.39, 0.29) is 12.1 Å². The zero-order valence-corrected chi connectivity index (χ0v) is 21.9. The van der Waals surface area contributed by atoms with Crippen molar-refractivity contribution in [2.45, 2.75) is 155 Å². The van der Waals surface area contributed by atoms with Gasteiger partial charge in [0.15, 0.2) is 0 Å². The van der Waals surface area contributed by atoms with E-state index in [1.54, 1.807) is 0 Å². The minimum Gasteiger partial charge on any atom is -0.462 e. The first-order valence-electron chi connectivity index (χ1n) is 14.3. The van der Waals surface area contributed by atoms with Gasteiger partial charge in [-0.15, -0.1) is 0 Å². The number of carbonyl (C=O) groups excluding carboxylic acids is 1. The number of nitrogens with two attached hydrogens (primary N) is 1. The monoisotopic (exact) mass is 454 g/mol. The maximum Gasteiger partial charge on any atom is 0.306 e. The normalized spacial score (nSPS) is 11.4. The van der Waals surface area contributed by atoms with Gasteiger partial charge in [-0.25, -0.2) is 0 Å². The molecule has 192 valence electrons. The molecule has 0 atom stereocenters. The molecule has 0 amide bonds. The van der Waals surface area contributed by atoms with Crippen LogP contribution in [0.15, 0.2) is 0 Å². The molecule has 0 radical (unpaired) electrons. The fourth-order valence-corrected chi connectivity index (χ4v) is 4.21. The number of carbonyl (C=O) groups is 1. The molecule has 0 rings (SSSR count). The molecule has 0 aliphatic heterocycles. The maximum absolute atomic E-state index is 12.4. The number of nitrogens with one attached hydrogen (secondary N) is 1. The first kappa shape index (κ1) is 31.4. The van der Waals surface area contributed by atoms with Gasteiger partial charge in [0.2, 0.25) is 0 Å². The van der Waals surface area contributed by atoms with Crippen molar-refractivity contribution in [1.29, 1.82) is 0 Å². The number of ether oxygens (including phenoxy) is 1. The minimum atomic E-state index is 0.0374. The summed E-state index contributed by atoms with van der Waals surface area (Å²) in [6.45, 7) is 7.40. The van der Waals surface area contributed by atoms with Crippen LogP contribution in [-0.4, -0.2) is 31.7 Å². The second-order valence-electron chi connectivity index (χ2n) is 9.63. The predicted octanol–water partition coefficient (Wildman–Crippen LogP) is 7.68. The molecule has 0 aromatic rings. The Balaban J connectivity index is 3.91. The number of rotatable bonds is 26.